The van der Waals surface area contributed by atoms with Gasteiger partial charge in [0, 0.05) is 51.2 Å². The normalized spacial score (nSPS) is 30.6. The molecule has 1 aliphatic carbocycles. The summed E-state index contributed by atoms with van der Waals surface area (Å²) in [5, 5.41) is 3.05. The van der Waals surface area contributed by atoms with Crippen LogP contribution in [0.1, 0.15) is 19.3 Å². The molecule has 0 spiro atoms. The van der Waals surface area contributed by atoms with Crippen molar-refractivity contribution in [2.45, 2.75) is 25.3 Å². The van der Waals surface area contributed by atoms with Crippen LogP contribution >= 0.6 is 0 Å². The Balaban J connectivity index is 1.59. The monoisotopic (exact) mass is 254 g/mol. The molecule has 2 aliphatic rings. The molecule has 0 aromatic carbocycles. The van der Waals surface area contributed by atoms with Gasteiger partial charge in [-0.05, 0) is 26.3 Å². The van der Waals surface area contributed by atoms with Gasteiger partial charge in [0.2, 0.25) is 5.91 Å². The maximum absolute atomic E-state index is 11.9. The second-order valence-electron chi connectivity index (χ2n) is 5.71. The number of hydrogen-bond acceptors (Lipinski definition) is 4. The average Bonchev–Trinajstić information content (AvgIpc) is 2.78. The zero-order valence-corrected chi connectivity index (χ0v) is 11.4. The third-order valence-electron chi connectivity index (χ3n) is 4.17. The number of rotatable bonds is 4. The molecule has 1 heterocycles. The molecule has 2 fully saturated rings. The van der Waals surface area contributed by atoms with Crippen LogP contribution in [0.4, 0.5) is 0 Å². The molecule has 18 heavy (non-hydrogen) atoms. The molecule has 0 radical (unpaired) electrons. The predicted octanol–water partition coefficient (Wildman–Crippen LogP) is -0.523. The van der Waals surface area contributed by atoms with E-state index in [1.54, 1.807) is 0 Å². The van der Waals surface area contributed by atoms with Gasteiger partial charge in [0.05, 0.1) is 0 Å². The van der Waals surface area contributed by atoms with Crippen molar-refractivity contribution in [2.75, 3.05) is 46.3 Å². The topological polar surface area (TPSA) is 61.6 Å². The smallest absolute Gasteiger partial charge is 0.223 e. The van der Waals surface area contributed by atoms with Gasteiger partial charge in [-0.3, -0.25) is 9.69 Å². The lowest BCUT2D eigenvalue weighted by atomic mass is 10.1. The van der Waals surface area contributed by atoms with Gasteiger partial charge < -0.3 is 16.0 Å². The lowest BCUT2D eigenvalue weighted by Crippen LogP contribution is -2.47. The van der Waals surface area contributed by atoms with Gasteiger partial charge in [0.15, 0.2) is 0 Å². The molecule has 2 unspecified atom stereocenters. The van der Waals surface area contributed by atoms with E-state index in [4.69, 9.17) is 5.73 Å². The van der Waals surface area contributed by atoms with E-state index in [1.165, 1.54) is 0 Å². The van der Waals surface area contributed by atoms with Crippen molar-refractivity contribution in [3.63, 3.8) is 0 Å². The second-order valence-corrected chi connectivity index (χ2v) is 5.71. The Kier molecular flexibility index (Phi) is 4.97. The number of hydrogen-bond donors (Lipinski definition) is 2. The first kappa shape index (κ1) is 13.8. The largest absolute Gasteiger partial charge is 0.355 e. The summed E-state index contributed by atoms with van der Waals surface area (Å²) in [6.07, 6.45) is 2.82. The van der Waals surface area contributed by atoms with E-state index in [1.807, 2.05) is 0 Å². The summed E-state index contributed by atoms with van der Waals surface area (Å²) in [4.78, 5) is 16.7. The van der Waals surface area contributed by atoms with Crippen LogP contribution in [0.25, 0.3) is 0 Å². The highest BCUT2D eigenvalue weighted by Gasteiger charge is 2.27. The highest BCUT2D eigenvalue weighted by molar-refractivity contribution is 5.78. The standard InChI is InChI=1S/C13H26N4O/c1-16-6-8-17(9-7-16)5-4-15-13(18)11-2-3-12(14)10-11/h11-12H,2-10,14H2,1H3,(H,15,18). The number of nitrogens with one attached hydrogen (secondary N) is 1. The Bertz CT molecular complexity index is 276. The molecule has 1 amide bonds. The van der Waals surface area contributed by atoms with Crippen molar-refractivity contribution in [1.82, 2.24) is 15.1 Å². The molecular formula is C13H26N4O. The van der Waals surface area contributed by atoms with Crippen LogP contribution in [0, 0.1) is 5.92 Å². The molecule has 3 N–H and O–H groups in total. The van der Waals surface area contributed by atoms with Gasteiger partial charge >= 0.3 is 0 Å². The summed E-state index contributed by atoms with van der Waals surface area (Å²) in [6.45, 7) is 6.23. The van der Waals surface area contributed by atoms with E-state index < -0.39 is 0 Å². The highest BCUT2D eigenvalue weighted by Crippen LogP contribution is 2.23. The molecule has 5 heteroatoms. The van der Waals surface area contributed by atoms with E-state index in [0.717, 1.165) is 58.5 Å². The van der Waals surface area contributed by atoms with Crippen molar-refractivity contribution in [3.8, 4) is 0 Å². The lowest BCUT2D eigenvalue weighted by Gasteiger charge is -2.32. The fourth-order valence-corrected chi connectivity index (χ4v) is 2.81. The predicted molar refractivity (Wildman–Crippen MR) is 72.3 cm³/mol. The Labute approximate surface area is 110 Å². The maximum atomic E-state index is 11.9. The molecule has 0 aromatic heterocycles. The third-order valence-corrected chi connectivity index (χ3v) is 4.17. The Hall–Kier alpha value is -0.650. The number of carbonyl (C=O) groups excluding carboxylic acids is 1. The minimum Gasteiger partial charge on any atom is -0.355 e. The third kappa shape index (κ3) is 3.93. The first-order valence-corrected chi connectivity index (χ1v) is 7.09. The summed E-state index contributed by atoms with van der Waals surface area (Å²) in [5.74, 6) is 0.365. The SMILES string of the molecule is CN1CCN(CCNC(=O)C2CCC(N)C2)CC1. The first-order valence-electron chi connectivity index (χ1n) is 7.09. The van der Waals surface area contributed by atoms with Crippen LogP contribution in [-0.4, -0.2) is 68.1 Å². The number of likely N-dealkylation sites (N-methyl/N-ethyl adjacent to an activating group) is 1. The molecule has 0 aromatic rings. The van der Waals surface area contributed by atoms with Crippen molar-refractivity contribution < 1.29 is 4.79 Å². The van der Waals surface area contributed by atoms with Crippen LogP contribution in [0.3, 0.4) is 0 Å². The number of nitrogens with two attached hydrogens (primary N) is 1. The fourth-order valence-electron chi connectivity index (χ4n) is 2.81. The van der Waals surface area contributed by atoms with Gasteiger partial charge in [0.25, 0.3) is 0 Å². The Morgan fingerprint density at radius 3 is 2.61 bits per heavy atom. The zero-order chi connectivity index (χ0) is 13.0. The van der Waals surface area contributed by atoms with Gasteiger partial charge in [-0.2, -0.15) is 0 Å². The molecule has 2 atom stereocenters. The van der Waals surface area contributed by atoms with E-state index >= 15 is 0 Å². The quantitative estimate of drug-likeness (QED) is 0.708. The van der Waals surface area contributed by atoms with E-state index in [2.05, 4.69) is 22.2 Å². The van der Waals surface area contributed by atoms with Crippen LogP contribution in [0.15, 0.2) is 0 Å². The number of nitrogens with zero attached hydrogens (tertiary/aromatic N) is 2. The molecule has 1 saturated carbocycles. The Morgan fingerprint density at radius 1 is 1.28 bits per heavy atom. The second kappa shape index (κ2) is 6.50. The van der Waals surface area contributed by atoms with E-state index in [9.17, 15) is 4.79 Å². The minimum absolute atomic E-state index is 0.160. The molecule has 1 saturated heterocycles. The average molecular weight is 254 g/mol. The van der Waals surface area contributed by atoms with Crippen molar-refractivity contribution in [1.29, 1.82) is 0 Å². The van der Waals surface area contributed by atoms with Crippen molar-refractivity contribution in [2.24, 2.45) is 11.7 Å². The molecule has 1 aliphatic heterocycles. The van der Waals surface area contributed by atoms with E-state index in [0.29, 0.717) is 0 Å². The fraction of sp³-hybridized carbons (Fsp3) is 0.923. The molecule has 104 valence electrons. The van der Waals surface area contributed by atoms with Gasteiger partial charge in [0.1, 0.15) is 0 Å². The van der Waals surface area contributed by atoms with Crippen molar-refractivity contribution >= 4 is 5.91 Å². The number of piperazine rings is 1. The van der Waals surface area contributed by atoms with Crippen LogP contribution in [-0.2, 0) is 4.79 Å². The maximum Gasteiger partial charge on any atom is 0.223 e. The van der Waals surface area contributed by atoms with Gasteiger partial charge in [-0.1, -0.05) is 0 Å². The van der Waals surface area contributed by atoms with E-state index in [-0.39, 0.29) is 17.9 Å². The molecular weight excluding hydrogens is 228 g/mol. The van der Waals surface area contributed by atoms with Crippen molar-refractivity contribution in [3.05, 3.63) is 0 Å². The highest BCUT2D eigenvalue weighted by atomic mass is 16.1. The Morgan fingerprint density at radius 2 is 2.00 bits per heavy atom. The molecule has 0 bridgehead atoms. The van der Waals surface area contributed by atoms with Gasteiger partial charge in [-0.25, -0.2) is 0 Å². The van der Waals surface area contributed by atoms with Gasteiger partial charge in [-0.15, -0.1) is 0 Å². The summed E-state index contributed by atoms with van der Waals surface area (Å²) in [6, 6.07) is 0.235. The zero-order valence-electron chi connectivity index (χ0n) is 11.4. The van der Waals surface area contributed by atoms with Crippen LogP contribution < -0.4 is 11.1 Å². The molecule has 5 nitrogen and oxygen atoms in total. The lowest BCUT2D eigenvalue weighted by molar-refractivity contribution is -0.124. The molecule has 2 rings (SSSR count). The summed E-state index contributed by atoms with van der Waals surface area (Å²) >= 11 is 0. The number of amides is 1. The summed E-state index contributed by atoms with van der Waals surface area (Å²) in [5.41, 5.74) is 5.83. The summed E-state index contributed by atoms with van der Waals surface area (Å²) in [7, 11) is 2.16. The van der Waals surface area contributed by atoms with Crippen LogP contribution in [0.2, 0.25) is 0 Å². The first-order chi connectivity index (χ1) is 8.65. The number of carbonyl (C=O) groups is 1. The summed E-state index contributed by atoms with van der Waals surface area (Å²) < 4.78 is 0. The minimum atomic E-state index is 0.160. The van der Waals surface area contributed by atoms with Crippen LogP contribution in [0.5, 0.6) is 0 Å².